The van der Waals surface area contributed by atoms with Crippen LogP contribution in [0.2, 0.25) is 0 Å². The van der Waals surface area contributed by atoms with Gasteiger partial charge in [-0.25, -0.2) is 0 Å². The minimum atomic E-state index is -0.670. The molecule has 0 spiro atoms. The molecule has 2 nitrogen and oxygen atoms in total. The highest BCUT2D eigenvalue weighted by atomic mass is 16.4. The van der Waals surface area contributed by atoms with Crippen LogP contribution in [0.3, 0.4) is 0 Å². The third kappa shape index (κ3) is 31.3. The number of hydrogen-bond acceptors (Lipinski definition) is 1. The summed E-state index contributed by atoms with van der Waals surface area (Å²) in [5, 5.41) is 8.27. The van der Waals surface area contributed by atoms with Crippen LogP contribution in [0.25, 0.3) is 0 Å². The standard InChI is InChI=1S/C16H33.C8H16O2/c1-3-5-7-9-11-13-15-16-14-12-10-8-6-4-2;1-2-3-4-5-6-7-8(9)10/h1,3-16H2,2H3;2-7H2,1H3,(H,9,10). The molecular formula is C24H49O2. The monoisotopic (exact) mass is 369 g/mol. The Balaban J connectivity index is 0. The Hall–Kier alpha value is -0.530. The molecule has 1 radical (unpaired) electrons. The number of carboxylic acid groups (broad SMARTS) is 1. The van der Waals surface area contributed by atoms with Crippen LogP contribution in [0.15, 0.2) is 0 Å². The minimum absolute atomic E-state index is 0.337. The van der Waals surface area contributed by atoms with Gasteiger partial charge in [0, 0.05) is 6.42 Å². The van der Waals surface area contributed by atoms with Gasteiger partial charge in [0.1, 0.15) is 0 Å². The van der Waals surface area contributed by atoms with E-state index in [1.54, 1.807) is 0 Å². The quantitative estimate of drug-likeness (QED) is 0.231. The van der Waals surface area contributed by atoms with E-state index in [1.165, 1.54) is 103 Å². The Labute approximate surface area is 165 Å². The molecule has 0 aliphatic carbocycles. The van der Waals surface area contributed by atoms with Gasteiger partial charge in [-0.1, -0.05) is 136 Å². The molecular weight excluding hydrogens is 320 g/mol. The highest BCUT2D eigenvalue weighted by Gasteiger charge is 1.95. The zero-order valence-electron chi connectivity index (χ0n) is 18.2. The smallest absolute Gasteiger partial charge is 0.303 e. The summed E-state index contributed by atoms with van der Waals surface area (Å²) < 4.78 is 0. The van der Waals surface area contributed by atoms with Gasteiger partial charge in [-0.15, -0.1) is 0 Å². The van der Waals surface area contributed by atoms with Crippen molar-refractivity contribution in [3.8, 4) is 0 Å². The third-order valence-corrected chi connectivity index (χ3v) is 4.85. The molecule has 0 aromatic heterocycles. The second-order valence-electron chi connectivity index (χ2n) is 7.65. The summed E-state index contributed by atoms with van der Waals surface area (Å²) in [4.78, 5) is 10.0. The van der Waals surface area contributed by atoms with Crippen molar-refractivity contribution < 1.29 is 9.90 Å². The lowest BCUT2D eigenvalue weighted by Gasteiger charge is -2.02. The topological polar surface area (TPSA) is 37.3 Å². The Morgan fingerprint density at radius 1 is 0.577 bits per heavy atom. The summed E-state index contributed by atoms with van der Waals surface area (Å²) in [7, 11) is 0. The van der Waals surface area contributed by atoms with Crippen LogP contribution in [0.1, 0.15) is 142 Å². The molecule has 0 aromatic rings. The van der Waals surface area contributed by atoms with Crippen LogP contribution in [0.5, 0.6) is 0 Å². The summed E-state index contributed by atoms with van der Waals surface area (Å²) in [5.74, 6) is -0.670. The normalized spacial score (nSPS) is 10.4. The number of unbranched alkanes of at least 4 members (excludes halogenated alkanes) is 17. The molecule has 0 rings (SSSR count). The third-order valence-electron chi connectivity index (χ3n) is 4.85. The maximum atomic E-state index is 10.0. The van der Waals surface area contributed by atoms with E-state index >= 15 is 0 Å². The highest BCUT2D eigenvalue weighted by Crippen LogP contribution is 2.12. The zero-order valence-corrected chi connectivity index (χ0v) is 18.2. The molecule has 2 heteroatoms. The first-order valence-corrected chi connectivity index (χ1v) is 11.7. The molecule has 0 aliphatic heterocycles. The van der Waals surface area contributed by atoms with Crippen molar-refractivity contribution in [1.82, 2.24) is 0 Å². The molecule has 0 fully saturated rings. The summed E-state index contributed by atoms with van der Waals surface area (Å²) in [6.45, 7) is 8.31. The summed E-state index contributed by atoms with van der Waals surface area (Å²) in [5.41, 5.74) is 0. The van der Waals surface area contributed by atoms with E-state index in [4.69, 9.17) is 5.11 Å². The lowest BCUT2D eigenvalue weighted by molar-refractivity contribution is -0.137. The van der Waals surface area contributed by atoms with Crippen LogP contribution in [-0.4, -0.2) is 11.1 Å². The van der Waals surface area contributed by atoms with Gasteiger partial charge in [0.15, 0.2) is 0 Å². The first kappa shape index (κ1) is 27.7. The number of rotatable bonds is 19. The fraction of sp³-hybridized carbons (Fsp3) is 0.917. The summed E-state index contributed by atoms with van der Waals surface area (Å²) in [6, 6.07) is 0. The van der Waals surface area contributed by atoms with Gasteiger partial charge in [-0.3, -0.25) is 4.79 Å². The summed E-state index contributed by atoms with van der Waals surface area (Å²) in [6.07, 6.45) is 25.7. The predicted octanol–water partition coefficient (Wildman–Crippen LogP) is 8.73. The highest BCUT2D eigenvalue weighted by molar-refractivity contribution is 5.66. The molecule has 0 saturated heterocycles. The summed E-state index contributed by atoms with van der Waals surface area (Å²) >= 11 is 0. The fourth-order valence-corrected chi connectivity index (χ4v) is 3.07. The van der Waals surface area contributed by atoms with Crippen LogP contribution in [-0.2, 0) is 4.79 Å². The average Bonchev–Trinajstić information content (AvgIpc) is 2.63. The van der Waals surface area contributed by atoms with Crippen molar-refractivity contribution >= 4 is 5.97 Å². The number of hydrogen-bond donors (Lipinski definition) is 1. The van der Waals surface area contributed by atoms with E-state index in [0.717, 1.165) is 19.3 Å². The molecule has 1 N–H and O–H groups in total. The Bertz CT molecular complexity index is 237. The largest absolute Gasteiger partial charge is 0.481 e. The van der Waals surface area contributed by atoms with Crippen molar-refractivity contribution in [3.63, 3.8) is 0 Å². The van der Waals surface area contributed by atoms with Gasteiger partial charge in [-0.05, 0) is 6.42 Å². The maximum Gasteiger partial charge on any atom is 0.303 e. The van der Waals surface area contributed by atoms with Crippen molar-refractivity contribution in [1.29, 1.82) is 0 Å². The van der Waals surface area contributed by atoms with Crippen LogP contribution in [0.4, 0.5) is 0 Å². The Kier molecular flexibility index (Phi) is 28.4. The van der Waals surface area contributed by atoms with Crippen LogP contribution < -0.4 is 0 Å². The molecule has 157 valence electrons. The van der Waals surface area contributed by atoms with Crippen LogP contribution >= 0.6 is 0 Å². The lowest BCUT2D eigenvalue weighted by atomic mass is 10.0. The molecule has 0 aliphatic rings. The number of aliphatic carboxylic acids is 1. The van der Waals surface area contributed by atoms with Crippen molar-refractivity contribution in [3.05, 3.63) is 6.92 Å². The van der Waals surface area contributed by atoms with E-state index in [9.17, 15) is 4.79 Å². The molecule has 0 aromatic carbocycles. The lowest BCUT2D eigenvalue weighted by Crippen LogP contribution is -1.93. The second kappa shape index (κ2) is 26.7. The minimum Gasteiger partial charge on any atom is -0.481 e. The zero-order chi connectivity index (χ0) is 19.7. The van der Waals surface area contributed by atoms with E-state index in [0.29, 0.717) is 6.42 Å². The average molecular weight is 370 g/mol. The van der Waals surface area contributed by atoms with Crippen molar-refractivity contribution in [2.75, 3.05) is 0 Å². The molecule has 0 atom stereocenters. The SMILES string of the molecule is CCCCCCCC(=O)O.[CH2]CCCCCCCCCCCCCCC. The molecule has 0 saturated carbocycles. The van der Waals surface area contributed by atoms with Gasteiger partial charge < -0.3 is 5.11 Å². The Morgan fingerprint density at radius 3 is 1.19 bits per heavy atom. The van der Waals surface area contributed by atoms with Gasteiger partial charge in [0.2, 0.25) is 0 Å². The Morgan fingerprint density at radius 2 is 0.885 bits per heavy atom. The van der Waals surface area contributed by atoms with Gasteiger partial charge in [0.25, 0.3) is 0 Å². The molecule has 0 bridgehead atoms. The van der Waals surface area contributed by atoms with Crippen molar-refractivity contribution in [2.45, 2.75) is 142 Å². The van der Waals surface area contributed by atoms with E-state index < -0.39 is 5.97 Å². The molecule has 0 unspecified atom stereocenters. The van der Waals surface area contributed by atoms with Gasteiger partial charge >= 0.3 is 5.97 Å². The van der Waals surface area contributed by atoms with Gasteiger partial charge in [-0.2, -0.15) is 0 Å². The van der Waals surface area contributed by atoms with Gasteiger partial charge in [0.05, 0.1) is 0 Å². The first-order valence-electron chi connectivity index (χ1n) is 11.7. The molecule has 0 amide bonds. The maximum absolute atomic E-state index is 10.0. The number of carbonyl (C=O) groups is 1. The van der Waals surface area contributed by atoms with E-state index in [-0.39, 0.29) is 0 Å². The fourth-order valence-electron chi connectivity index (χ4n) is 3.07. The molecule has 0 heterocycles. The van der Waals surface area contributed by atoms with Crippen LogP contribution in [0, 0.1) is 6.92 Å². The predicted molar refractivity (Wildman–Crippen MR) is 117 cm³/mol. The van der Waals surface area contributed by atoms with E-state index in [1.807, 2.05) is 0 Å². The molecule has 26 heavy (non-hydrogen) atoms. The number of carboxylic acids is 1. The van der Waals surface area contributed by atoms with Crippen molar-refractivity contribution in [2.24, 2.45) is 0 Å². The second-order valence-corrected chi connectivity index (χ2v) is 7.65. The van der Waals surface area contributed by atoms with E-state index in [2.05, 4.69) is 20.8 Å². The first-order chi connectivity index (χ1) is 12.7.